The van der Waals surface area contributed by atoms with Gasteiger partial charge in [-0.3, -0.25) is 4.98 Å². The van der Waals surface area contributed by atoms with Crippen LogP contribution in [0, 0.1) is 17.7 Å². The maximum atomic E-state index is 13.6. The quantitative estimate of drug-likeness (QED) is 0.526. The Morgan fingerprint density at radius 1 is 1.17 bits per heavy atom. The molecule has 1 N–H and O–H groups in total. The molecule has 180 valence electrons. The van der Waals surface area contributed by atoms with Gasteiger partial charge in [0.15, 0.2) is 0 Å². The van der Waals surface area contributed by atoms with Gasteiger partial charge in [0.2, 0.25) is 0 Å². The molecule has 1 fully saturated rings. The van der Waals surface area contributed by atoms with Crippen LogP contribution in [0.3, 0.4) is 0 Å². The van der Waals surface area contributed by atoms with E-state index in [4.69, 9.17) is 4.74 Å². The van der Waals surface area contributed by atoms with Crippen molar-refractivity contribution in [2.45, 2.75) is 44.6 Å². The summed E-state index contributed by atoms with van der Waals surface area (Å²) in [6.45, 7) is 2.19. The minimum absolute atomic E-state index is 0.125. The molecular weight excluding hydrogens is 443 g/mol. The van der Waals surface area contributed by atoms with Gasteiger partial charge in [0, 0.05) is 35.6 Å². The predicted octanol–water partition coefficient (Wildman–Crippen LogP) is 5.56. The summed E-state index contributed by atoms with van der Waals surface area (Å²) in [5.41, 5.74) is 4.80. The molecule has 1 aromatic carbocycles. The molecule has 2 aliphatic rings. The molecule has 35 heavy (non-hydrogen) atoms. The number of ether oxygens (including phenoxy) is 1. The first-order chi connectivity index (χ1) is 17.1. The molecule has 0 saturated heterocycles. The number of pyridine rings is 1. The van der Waals surface area contributed by atoms with E-state index in [1.54, 1.807) is 18.6 Å². The van der Waals surface area contributed by atoms with Crippen molar-refractivity contribution in [3.8, 4) is 11.1 Å². The standard InChI is InChI=1S/C28H29FN4O2/c1-2-35-28(34)33-23-9-10-24-20(13-23)14-27-26(16-30-17-32-27)25(24)11-8-22-7-6-19(15-31-22)18-4-3-5-21(29)12-18/h3-8,11-12,15-17,20,23-25H,2,9-10,13-14H2,1H3,(H,33,34)/b11-8+/t20-,23-,24+,25-/m0/s1. The Kier molecular flexibility index (Phi) is 6.84. The summed E-state index contributed by atoms with van der Waals surface area (Å²) >= 11 is 0. The zero-order chi connectivity index (χ0) is 24.2. The second-order valence-electron chi connectivity index (χ2n) is 9.29. The molecule has 0 unspecified atom stereocenters. The smallest absolute Gasteiger partial charge is 0.407 e. The van der Waals surface area contributed by atoms with Gasteiger partial charge in [0.25, 0.3) is 0 Å². The number of benzene rings is 1. The number of alkyl carbamates (subject to hydrolysis) is 1. The first-order valence-electron chi connectivity index (χ1n) is 12.2. The van der Waals surface area contributed by atoms with Crippen molar-refractivity contribution in [3.05, 3.63) is 84.0 Å². The van der Waals surface area contributed by atoms with Crippen LogP contribution in [-0.4, -0.2) is 33.7 Å². The number of allylic oxidation sites excluding steroid dienone is 1. The van der Waals surface area contributed by atoms with Crippen LogP contribution in [0.5, 0.6) is 0 Å². The number of nitrogens with zero attached hydrogens (tertiary/aromatic N) is 3. The highest BCUT2D eigenvalue weighted by molar-refractivity contribution is 5.67. The molecule has 2 aromatic heterocycles. The fraction of sp³-hybridized carbons (Fsp3) is 0.357. The normalized spacial score (nSPS) is 23.4. The van der Waals surface area contributed by atoms with E-state index in [0.717, 1.165) is 48.2 Å². The number of carbonyl (C=O) groups is 1. The minimum Gasteiger partial charge on any atom is -0.450 e. The van der Waals surface area contributed by atoms with Gasteiger partial charge < -0.3 is 10.1 Å². The van der Waals surface area contributed by atoms with Crippen molar-refractivity contribution < 1.29 is 13.9 Å². The summed E-state index contributed by atoms with van der Waals surface area (Å²) in [5.74, 6) is 0.817. The highest BCUT2D eigenvalue weighted by atomic mass is 19.1. The Morgan fingerprint density at radius 2 is 2.09 bits per heavy atom. The number of hydrogen-bond acceptors (Lipinski definition) is 5. The van der Waals surface area contributed by atoms with Gasteiger partial charge in [-0.1, -0.05) is 24.3 Å². The van der Waals surface area contributed by atoms with Crippen LogP contribution in [0.1, 0.15) is 49.1 Å². The number of nitrogens with one attached hydrogen (secondary N) is 1. The lowest BCUT2D eigenvalue weighted by molar-refractivity contribution is 0.128. The molecule has 1 saturated carbocycles. The third-order valence-corrected chi connectivity index (χ3v) is 7.16. The van der Waals surface area contributed by atoms with Gasteiger partial charge in [0.05, 0.1) is 12.3 Å². The van der Waals surface area contributed by atoms with Crippen LogP contribution >= 0.6 is 0 Å². The Labute approximate surface area is 204 Å². The summed E-state index contributed by atoms with van der Waals surface area (Å²) in [6.07, 6.45) is 13.0. The van der Waals surface area contributed by atoms with Gasteiger partial charge in [-0.15, -0.1) is 0 Å². The predicted molar refractivity (Wildman–Crippen MR) is 132 cm³/mol. The lowest BCUT2D eigenvalue weighted by Crippen LogP contribution is -2.44. The van der Waals surface area contributed by atoms with E-state index in [1.807, 2.05) is 31.3 Å². The number of halogens is 1. The van der Waals surface area contributed by atoms with Crippen molar-refractivity contribution >= 4 is 12.2 Å². The maximum Gasteiger partial charge on any atom is 0.407 e. The molecule has 2 aliphatic carbocycles. The van der Waals surface area contributed by atoms with Gasteiger partial charge in [-0.25, -0.2) is 19.2 Å². The summed E-state index contributed by atoms with van der Waals surface area (Å²) in [6, 6.07) is 10.6. The lowest BCUT2D eigenvalue weighted by Gasteiger charge is -2.43. The second-order valence-corrected chi connectivity index (χ2v) is 9.29. The van der Waals surface area contributed by atoms with Crippen molar-refractivity contribution in [2.75, 3.05) is 6.61 Å². The molecule has 5 rings (SSSR count). The average molecular weight is 473 g/mol. The van der Waals surface area contributed by atoms with Crippen LogP contribution in [0.2, 0.25) is 0 Å². The third kappa shape index (κ3) is 5.24. The molecule has 7 heteroatoms. The van der Waals surface area contributed by atoms with Crippen molar-refractivity contribution in [1.82, 2.24) is 20.3 Å². The Morgan fingerprint density at radius 3 is 2.89 bits per heavy atom. The highest BCUT2D eigenvalue weighted by Crippen LogP contribution is 2.47. The van der Waals surface area contributed by atoms with E-state index in [1.165, 1.54) is 17.7 Å². The van der Waals surface area contributed by atoms with Gasteiger partial charge in [0.1, 0.15) is 12.1 Å². The van der Waals surface area contributed by atoms with Crippen LogP contribution in [0.4, 0.5) is 9.18 Å². The second kappa shape index (κ2) is 10.3. The summed E-state index contributed by atoms with van der Waals surface area (Å²) < 4.78 is 18.6. The van der Waals surface area contributed by atoms with Crippen LogP contribution in [0.15, 0.2) is 61.2 Å². The summed E-state index contributed by atoms with van der Waals surface area (Å²) in [4.78, 5) is 25.4. The highest BCUT2D eigenvalue weighted by Gasteiger charge is 2.40. The van der Waals surface area contributed by atoms with Crippen molar-refractivity contribution in [3.63, 3.8) is 0 Å². The molecule has 0 aliphatic heterocycles. The van der Waals surface area contributed by atoms with E-state index < -0.39 is 0 Å². The Hall–Kier alpha value is -3.61. The molecule has 6 nitrogen and oxygen atoms in total. The molecule has 1 amide bonds. The molecule has 2 heterocycles. The van der Waals surface area contributed by atoms with E-state index in [0.29, 0.717) is 18.4 Å². The fourth-order valence-electron chi connectivity index (χ4n) is 5.55. The lowest BCUT2D eigenvalue weighted by atomic mass is 9.63. The number of amides is 1. The molecule has 0 spiro atoms. The van der Waals surface area contributed by atoms with E-state index in [9.17, 15) is 9.18 Å². The summed E-state index contributed by atoms with van der Waals surface area (Å²) in [7, 11) is 0. The largest absolute Gasteiger partial charge is 0.450 e. The minimum atomic E-state index is -0.335. The Balaban J connectivity index is 1.34. The molecule has 0 bridgehead atoms. The van der Waals surface area contributed by atoms with Gasteiger partial charge in [-0.05, 0) is 79.8 Å². The zero-order valence-electron chi connectivity index (χ0n) is 19.7. The number of fused-ring (bicyclic) bond motifs is 2. The summed E-state index contributed by atoms with van der Waals surface area (Å²) in [5, 5.41) is 3.03. The number of aromatic nitrogens is 3. The van der Waals surface area contributed by atoms with Gasteiger partial charge in [-0.2, -0.15) is 0 Å². The Bertz CT molecular complexity index is 1210. The van der Waals surface area contributed by atoms with Crippen molar-refractivity contribution in [1.29, 1.82) is 0 Å². The van der Waals surface area contributed by atoms with Crippen molar-refractivity contribution in [2.24, 2.45) is 11.8 Å². The van der Waals surface area contributed by atoms with E-state index in [2.05, 4.69) is 32.4 Å². The molecular formula is C28H29FN4O2. The number of carbonyl (C=O) groups excluding carboxylic acids is 1. The van der Waals surface area contributed by atoms with E-state index in [-0.39, 0.29) is 23.9 Å². The van der Waals surface area contributed by atoms with Crippen LogP contribution < -0.4 is 5.32 Å². The third-order valence-electron chi connectivity index (χ3n) is 7.16. The van der Waals surface area contributed by atoms with Crippen LogP contribution in [0.25, 0.3) is 17.2 Å². The monoisotopic (exact) mass is 472 g/mol. The van der Waals surface area contributed by atoms with Gasteiger partial charge >= 0.3 is 6.09 Å². The SMILES string of the molecule is CCOC(=O)N[C@H]1CC[C@@H]2[C@H](Cc3ncncc3[C@H]2/C=C/c2ccc(-c3cccc(F)c3)cn2)C1. The fourth-order valence-corrected chi connectivity index (χ4v) is 5.55. The van der Waals surface area contributed by atoms with Crippen LogP contribution in [-0.2, 0) is 11.2 Å². The topological polar surface area (TPSA) is 77.0 Å². The first-order valence-corrected chi connectivity index (χ1v) is 12.2. The average Bonchev–Trinajstić information content (AvgIpc) is 2.87. The number of rotatable bonds is 5. The number of hydrogen-bond donors (Lipinski definition) is 1. The van der Waals surface area contributed by atoms with E-state index >= 15 is 0 Å². The molecule has 3 aromatic rings. The first kappa shape index (κ1) is 23.1. The molecule has 4 atom stereocenters. The maximum absolute atomic E-state index is 13.6. The molecule has 0 radical (unpaired) electrons. The zero-order valence-corrected chi connectivity index (χ0v) is 19.7.